The molecule has 0 saturated heterocycles. The largest absolute Gasteiger partial charge is 0.0979 e. The summed E-state index contributed by atoms with van der Waals surface area (Å²) >= 11 is 3.32. The van der Waals surface area contributed by atoms with Gasteiger partial charge in [-0.25, -0.2) is 0 Å². The second-order valence-corrected chi connectivity index (χ2v) is 2.68. The molecular weight excluding hydrogens is 176 g/mol. The van der Waals surface area contributed by atoms with Crippen molar-refractivity contribution < 1.29 is 0 Å². The van der Waals surface area contributed by atoms with Gasteiger partial charge in [0.25, 0.3) is 0 Å². The number of rotatable bonds is 2. The molecular formula is C8H11Br. The van der Waals surface area contributed by atoms with Gasteiger partial charge in [0.1, 0.15) is 0 Å². The Labute approximate surface area is 65.1 Å². The number of hydrogen-bond donors (Lipinski definition) is 0. The first-order chi connectivity index (χ1) is 4.20. The quantitative estimate of drug-likeness (QED) is 0.581. The molecule has 0 rings (SSSR count). The maximum atomic E-state index is 3.61. The molecule has 50 valence electrons. The lowest BCUT2D eigenvalue weighted by Gasteiger charge is -1.88. The fourth-order valence-electron chi connectivity index (χ4n) is 0.360. The fourth-order valence-corrected chi connectivity index (χ4v) is 0.721. The monoisotopic (exact) mass is 186 g/mol. The molecule has 0 amide bonds. The van der Waals surface area contributed by atoms with Crippen LogP contribution < -0.4 is 0 Å². The first kappa shape index (κ1) is 8.70. The Morgan fingerprint density at radius 1 is 1.56 bits per heavy atom. The van der Waals surface area contributed by atoms with Crippen LogP contribution in [0.2, 0.25) is 0 Å². The van der Waals surface area contributed by atoms with Crippen LogP contribution in [0.3, 0.4) is 0 Å². The van der Waals surface area contributed by atoms with Gasteiger partial charge in [-0.3, -0.25) is 0 Å². The van der Waals surface area contributed by atoms with E-state index in [0.717, 1.165) is 4.48 Å². The average molecular weight is 187 g/mol. The summed E-state index contributed by atoms with van der Waals surface area (Å²) in [4.78, 5) is 0. The zero-order chi connectivity index (χ0) is 7.28. The van der Waals surface area contributed by atoms with Gasteiger partial charge in [-0.1, -0.05) is 40.2 Å². The molecule has 0 aromatic rings. The van der Waals surface area contributed by atoms with Crippen molar-refractivity contribution in [3.63, 3.8) is 0 Å². The van der Waals surface area contributed by atoms with E-state index in [1.165, 1.54) is 5.57 Å². The molecule has 0 N–H and O–H groups in total. The van der Waals surface area contributed by atoms with Gasteiger partial charge >= 0.3 is 0 Å². The predicted octanol–water partition coefficient (Wildman–Crippen LogP) is 3.42. The van der Waals surface area contributed by atoms with E-state index in [0.29, 0.717) is 0 Å². The predicted molar refractivity (Wildman–Crippen MR) is 46.6 cm³/mol. The molecule has 0 bridgehead atoms. The zero-order valence-corrected chi connectivity index (χ0v) is 7.40. The summed E-state index contributed by atoms with van der Waals surface area (Å²) in [5.41, 5.74) is 1.24. The molecule has 0 aliphatic rings. The molecule has 0 fully saturated rings. The van der Waals surface area contributed by atoms with E-state index in [-0.39, 0.29) is 0 Å². The smallest absolute Gasteiger partial charge is 0.0171 e. The highest BCUT2D eigenvalue weighted by atomic mass is 79.9. The van der Waals surface area contributed by atoms with Crippen LogP contribution in [0.25, 0.3) is 0 Å². The summed E-state index contributed by atoms with van der Waals surface area (Å²) in [6.07, 6.45) is 5.84. The lowest BCUT2D eigenvalue weighted by Crippen LogP contribution is -1.66. The first-order valence-electron chi connectivity index (χ1n) is 2.83. The fraction of sp³-hybridized carbons (Fsp3) is 0.250. The highest BCUT2D eigenvalue weighted by Crippen LogP contribution is 2.08. The van der Waals surface area contributed by atoms with E-state index in [1.54, 1.807) is 6.08 Å². The van der Waals surface area contributed by atoms with Crippen LogP contribution in [0.4, 0.5) is 0 Å². The molecule has 0 aliphatic heterocycles. The van der Waals surface area contributed by atoms with Gasteiger partial charge in [0.05, 0.1) is 0 Å². The van der Waals surface area contributed by atoms with Gasteiger partial charge in [0, 0.05) is 4.48 Å². The Hall–Kier alpha value is -0.300. The van der Waals surface area contributed by atoms with Crippen LogP contribution in [0.5, 0.6) is 0 Å². The van der Waals surface area contributed by atoms with Crippen molar-refractivity contribution >= 4 is 15.9 Å². The summed E-state index contributed by atoms with van der Waals surface area (Å²) in [6, 6.07) is 0. The van der Waals surface area contributed by atoms with E-state index < -0.39 is 0 Å². The normalized spacial score (nSPS) is 13.7. The van der Waals surface area contributed by atoms with Crippen molar-refractivity contribution in [3.05, 3.63) is 34.9 Å². The third-order valence-electron chi connectivity index (χ3n) is 1.02. The second kappa shape index (κ2) is 4.57. The molecule has 0 aromatic heterocycles. The van der Waals surface area contributed by atoms with Crippen molar-refractivity contribution in [2.45, 2.75) is 13.8 Å². The molecule has 0 radical (unpaired) electrons. The molecule has 0 heterocycles. The maximum absolute atomic E-state index is 3.61. The number of halogens is 1. The molecule has 0 unspecified atom stereocenters. The Balaban J connectivity index is 4.11. The third kappa shape index (κ3) is 4.22. The molecule has 0 nitrogen and oxygen atoms in total. The summed E-state index contributed by atoms with van der Waals surface area (Å²) in [7, 11) is 0. The zero-order valence-electron chi connectivity index (χ0n) is 5.82. The molecule has 0 saturated carbocycles. The third-order valence-corrected chi connectivity index (χ3v) is 1.57. The van der Waals surface area contributed by atoms with Crippen molar-refractivity contribution in [1.82, 2.24) is 0 Å². The standard InChI is InChI=1S/C8H11Br/c1-4-7(3)6-8(9)5-2/h4-6H,2H2,1,3H3/b7-4-,8-6+. The lowest BCUT2D eigenvalue weighted by atomic mass is 10.3. The lowest BCUT2D eigenvalue weighted by molar-refractivity contribution is 1.47. The summed E-state index contributed by atoms with van der Waals surface area (Å²) in [5.74, 6) is 0. The number of allylic oxidation sites excluding steroid dienone is 5. The van der Waals surface area contributed by atoms with Crippen molar-refractivity contribution in [3.8, 4) is 0 Å². The molecule has 9 heavy (non-hydrogen) atoms. The van der Waals surface area contributed by atoms with Crippen LogP contribution in [-0.4, -0.2) is 0 Å². The molecule has 0 aliphatic carbocycles. The minimum absolute atomic E-state index is 1.03. The van der Waals surface area contributed by atoms with Gasteiger partial charge < -0.3 is 0 Å². The Kier molecular flexibility index (Phi) is 4.41. The van der Waals surface area contributed by atoms with E-state index in [2.05, 4.69) is 22.5 Å². The van der Waals surface area contributed by atoms with Crippen LogP contribution in [-0.2, 0) is 0 Å². The van der Waals surface area contributed by atoms with Gasteiger partial charge in [0.2, 0.25) is 0 Å². The van der Waals surface area contributed by atoms with Gasteiger partial charge in [-0.2, -0.15) is 0 Å². The maximum Gasteiger partial charge on any atom is 0.0171 e. The molecule has 0 aromatic carbocycles. The van der Waals surface area contributed by atoms with Crippen molar-refractivity contribution in [2.75, 3.05) is 0 Å². The van der Waals surface area contributed by atoms with Gasteiger partial charge in [-0.15, -0.1) is 0 Å². The number of hydrogen-bond acceptors (Lipinski definition) is 0. The average Bonchev–Trinajstić information content (AvgIpc) is 1.87. The van der Waals surface area contributed by atoms with Crippen molar-refractivity contribution in [1.29, 1.82) is 0 Å². The van der Waals surface area contributed by atoms with Crippen LogP contribution in [0.1, 0.15) is 13.8 Å². The van der Waals surface area contributed by atoms with Crippen molar-refractivity contribution in [2.24, 2.45) is 0 Å². The van der Waals surface area contributed by atoms with E-state index >= 15 is 0 Å². The van der Waals surface area contributed by atoms with Crippen LogP contribution in [0.15, 0.2) is 34.9 Å². The Bertz CT molecular complexity index is 152. The summed E-state index contributed by atoms with van der Waals surface area (Å²) in [6.45, 7) is 7.66. The Morgan fingerprint density at radius 2 is 2.11 bits per heavy atom. The van der Waals surface area contributed by atoms with E-state index in [4.69, 9.17) is 0 Å². The first-order valence-corrected chi connectivity index (χ1v) is 3.62. The summed E-state index contributed by atoms with van der Waals surface area (Å²) < 4.78 is 1.03. The SMILES string of the molecule is C=C/C(Br)=C\C(C)=C/C. The van der Waals surface area contributed by atoms with E-state index in [9.17, 15) is 0 Å². The second-order valence-electron chi connectivity index (χ2n) is 1.77. The van der Waals surface area contributed by atoms with Crippen LogP contribution in [0, 0.1) is 0 Å². The van der Waals surface area contributed by atoms with E-state index in [1.807, 2.05) is 26.0 Å². The molecule has 1 heteroatoms. The molecule has 0 spiro atoms. The topological polar surface area (TPSA) is 0 Å². The van der Waals surface area contributed by atoms with Gasteiger partial charge in [-0.05, 0) is 19.9 Å². The van der Waals surface area contributed by atoms with Gasteiger partial charge in [0.15, 0.2) is 0 Å². The van der Waals surface area contributed by atoms with Crippen LogP contribution >= 0.6 is 15.9 Å². The minimum Gasteiger partial charge on any atom is -0.0979 e. The molecule has 0 atom stereocenters. The summed E-state index contributed by atoms with van der Waals surface area (Å²) in [5, 5.41) is 0. The highest BCUT2D eigenvalue weighted by molar-refractivity contribution is 9.11. The highest BCUT2D eigenvalue weighted by Gasteiger charge is 1.81. The Morgan fingerprint density at radius 3 is 2.44 bits per heavy atom. The minimum atomic E-state index is 1.03.